The zero-order chi connectivity index (χ0) is 20.4. The quantitative estimate of drug-likeness (QED) is 0.813. The van der Waals surface area contributed by atoms with Crippen molar-refractivity contribution in [3.05, 3.63) is 52.0 Å². The number of anilines is 1. The first-order valence-electron chi connectivity index (χ1n) is 10.2. The van der Waals surface area contributed by atoms with Crippen LogP contribution in [0.1, 0.15) is 47.6 Å². The normalized spacial score (nSPS) is 14.7. The molecule has 2 heterocycles. The molecule has 1 amide bonds. The van der Waals surface area contributed by atoms with E-state index in [0.717, 1.165) is 49.9 Å². The molecule has 1 fully saturated rings. The highest BCUT2D eigenvalue weighted by Crippen LogP contribution is 2.26. The number of amides is 1. The third-order valence-electron chi connectivity index (χ3n) is 5.56. The molecular weight excluding hydrogens is 348 g/mol. The minimum absolute atomic E-state index is 0.0509. The van der Waals surface area contributed by atoms with Gasteiger partial charge in [0, 0.05) is 49.8 Å². The fraction of sp³-hybridized carbons (Fsp3) is 0.522. The molecule has 0 radical (unpaired) electrons. The maximum Gasteiger partial charge on any atom is 0.225 e. The fourth-order valence-corrected chi connectivity index (χ4v) is 3.87. The SMILES string of the molecule is Cc1ccc(C)c(Cc2c(C)nc(C)nc2N2CCN(C(=O)C(C)C)CC2)c1. The minimum Gasteiger partial charge on any atom is -0.353 e. The first kappa shape index (κ1) is 20.3. The summed E-state index contributed by atoms with van der Waals surface area (Å²) >= 11 is 0. The summed E-state index contributed by atoms with van der Waals surface area (Å²) in [4.78, 5) is 26.1. The lowest BCUT2D eigenvalue weighted by Crippen LogP contribution is -2.50. The molecule has 1 aromatic heterocycles. The van der Waals surface area contributed by atoms with E-state index in [1.807, 2.05) is 25.7 Å². The average Bonchev–Trinajstić information content (AvgIpc) is 2.66. The Morgan fingerprint density at radius 2 is 1.71 bits per heavy atom. The van der Waals surface area contributed by atoms with Crippen LogP contribution >= 0.6 is 0 Å². The highest BCUT2D eigenvalue weighted by molar-refractivity contribution is 5.78. The molecule has 1 aliphatic heterocycles. The largest absolute Gasteiger partial charge is 0.353 e. The molecule has 28 heavy (non-hydrogen) atoms. The molecular formula is C23H32N4O. The van der Waals surface area contributed by atoms with Crippen molar-refractivity contribution < 1.29 is 4.79 Å². The summed E-state index contributed by atoms with van der Waals surface area (Å²) in [6, 6.07) is 6.60. The Labute approximate surface area is 168 Å². The van der Waals surface area contributed by atoms with Crippen molar-refractivity contribution in [2.45, 2.75) is 48.0 Å². The van der Waals surface area contributed by atoms with Crippen molar-refractivity contribution in [1.82, 2.24) is 14.9 Å². The highest BCUT2D eigenvalue weighted by Gasteiger charge is 2.26. The average molecular weight is 381 g/mol. The van der Waals surface area contributed by atoms with Crippen LogP contribution in [0.25, 0.3) is 0 Å². The monoisotopic (exact) mass is 380 g/mol. The van der Waals surface area contributed by atoms with E-state index in [2.05, 4.69) is 48.9 Å². The molecule has 5 nitrogen and oxygen atoms in total. The van der Waals surface area contributed by atoms with Crippen molar-refractivity contribution >= 4 is 11.7 Å². The van der Waals surface area contributed by atoms with Crippen LogP contribution in [0.5, 0.6) is 0 Å². The maximum atomic E-state index is 12.3. The van der Waals surface area contributed by atoms with Crippen LogP contribution in [0.4, 0.5) is 5.82 Å². The van der Waals surface area contributed by atoms with Gasteiger partial charge in [-0.3, -0.25) is 4.79 Å². The summed E-state index contributed by atoms with van der Waals surface area (Å²) in [5.41, 5.74) is 6.13. The van der Waals surface area contributed by atoms with Crippen LogP contribution in [0, 0.1) is 33.6 Å². The van der Waals surface area contributed by atoms with Gasteiger partial charge in [0.2, 0.25) is 5.91 Å². The minimum atomic E-state index is 0.0509. The van der Waals surface area contributed by atoms with Crippen molar-refractivity contribution in [3.8, 4) is 0 Å². The predicted molar refractivity (Wildman–Crippen MR) is 114 cm³/mol. The molecule has 0 aliphatic carbocycles. The number of rotatable bonds is 4. The second-order valence-corrected chi connectivity index (χ2v) is 8.23. The molecule has 0 spiro atoms. The summed E-state index contributed by atoms with van der Waals surface area (Å²) in [7, 11) is 0. The number of carbonyl (C=O) groups is 1. The summed E-state index contributed by atoms with van der Waals surface area (Å²) in [5, 5.41) is 0. The standard InChI is InChI=1S/C23H32N4O/c1-15(2)23(28)27-11-9-26(10-12-27)22-21(18(5)24-19(6)25-22)14-20-13-16(3)7-8-17(20)4/h7-8,13,15H,9-12,14H2,1-6H3. The molecule has 5 heteroatoms. The third kappa shape index (κ3) is 4.34. The van der Waals surface area contributed by atoms with Crippen molar-refractivity contribution in [1.29, 1.82) is 0 Å². The zero-order valence-electron chi connectivity index (χ0n) is 18.0. The summed E-state index contributed by atoms with van der Waals surface area (Å²) < 4.78 is 0. The van der Waals surface area contributed by atoms with Crippen LogP contribution in [0.3, 0.4) is 0 Å². The first-order valence-corrected chi connectivity index (χ1v) is 10.2. The number of nitrogens with zero attached hydrogens (tertiary/aromatic N) is 4. The predicted octanol–water partition coefficient (Wildman–Crippen LogP) is 3.61. The molecule has 1 saturated heterocycles. The van der Waals surface area contributed by atoms with E-state index in [1.54, 1.807) is 0 Å². The number of carbonyl (C=O) groups excluding carboxylic acids is 1. The molecule has 0 atom stereocenters. The smallest absolute Gasteiger partial charge is 0.225 e. The second kappa shape index (κ2) is 8.29. The van der Waals surface area contributed by atoms with Gasteiger partial charge in [-0.15, -0.1) is 0 Å². The Kier molecular flexibility index (Phi) is 6.01. The zero-order valence-corrected chi connectivity index (χ0v) is 18.0. The summed E-state index contributed by atoms with van der Waals surface area (Å²) in [5.74, 6) is 2.13. The summed E-state index contributed by atoms with van der Waals surface area (Å²) in [6.07, 6.45) is 0.833. The van der Waals surface area contributed by atoms with Gasteiger partial charge in [0.05, 0.1) is 0 Å². The summed E-state index contributed by atoms with van der Waals surface area (Å²) in [6.45, 7) is 15.4. The van der Waals surface area contributed by atoms with Gasteiger partial charge in [-0.25, -0.2) is 9.97 Å². The lowest BCUT2D eigenvalue weighted by atomic mass is 9.97. The molecule has 3 rings (SSSR count). The lowest BCUT2D eigenvalue weighted by Gasteiger charge is -2.37. The van der Waals surface area contributed by atoms with Crippen LogP contribution in [-0.2, 0) is 11.2 Å². The van der Waals surface area contributed by atoms with E-state index < -0.39 is 0 Å². The van der Waals surface area contributed by atoms with Crippen LogP contribution in [0.15, 0.2) is 18.2 Å². The number of hydrogen-bond donors (Lipinski definition) is 0. The van der Waals surface area contributed by atoms with Crippen molar-refractivity contribution in [2.75, 3.05) is 31.1 Å². The van der Waals surface area contributed by atoms with E-state index in [1.165, 1.54) is 22.3 Å². The molecule has 0 unspecified atom stereocenters. The molecule has 0 bridgehead atoms. The van der Waals surface area contributed by atoms with Gasteiger partial charge in [-0.1, -0.05) is 37.6 Å². The molecule has 150 valence electrons. The van der Waals surface area contributed by atoms with Gasteiger partial charge in [0.15, 0.2) is 0 Å². The van der Waals surface area contributed by atoms with E-state index >= 15 is 0 Å². The highest BCUT2D eigenvalue weighted by atomic mass is 16.2. The van der Waals surface area contributed by atoms with Gasteiger partial charge < -0.3 is 9.80 Å². The van der Waals surface area contributed by atoms with Gasteiger partial charge >= 0.3 is 0 Å². The molecule has 0 saturated carbocycles. The van der Waals surface area contributed by atoms with Crippen molar-refractivity contribution in [2.24, 2.45) is 5.92 Å². The van der Waals surface area contributed by atoms with E-state index in [-0.39, 0.29) is 11.8 Å². The number of benzene rings is 1. The number of hydrogen-bond acceptors (Lipinski definition) is 4. The van der Waals surface area contributed by atoms with E-state index in [4.69, 9.17) is 4.98 Å². The Hall–Kier alpha value is -2.43. The topological polar surface area (TPSA) is 49.3 Å². The van der Waals surface area contributed by atoms with E-state index in [0.29, 0.717) is 0 Å². The molecule has 0 N–H and O–H groups in total. The van der Waals surface area contributed by atoms with Crippen LogP contribution in [-0.4, -0.2) is 47.0 Å². The van der Waals surface area contributed by atoms with E-state index in [9.17, 15) is 4.79 Å². The first-order chi connectivity index (χ1) is 13.3. The Balaban J connectivity index is 1.88. The Morgan fingerprint density at radius 1 is 1.04 bits per heavy atom. The van der Waals surface area contributed by atoms with Crippen LogP contribution < -0.4 is 4.90 Å². The van der Waals surface area contributed by atoms with Gasteiger partial charge in [0.1, 0.15) is 11.6 Å². The van der Waals surface area contributed by atoms with Crippen molar-refractivity contribution in [3.63, 3.8) is 0 Å². The number of piperazine rings is 1. The Bertz CT molecular complexity index is 867. The number of aryl methyl sites for hydroxylation is 4. The Morgan fingerprint density at radius 3 is 2.36 bits per heavy atom. The fourth-order valence-electron chi connectivity index (χ4n) is 3.87. The molecule has 2 aromatic rings. The van der Waals surface area contributed by atoms with Gasteiger partial charge in [0.25, 0.3) is 0 Å². The maximum absolute atomic E-state index is 12.3. The second-order valence-electron chi connectivity index (χ2n) is 8.23. The molecule has 1 aliphatic rings. The van der Waals surface area contributed by atoms with Crippen LogP contribution in [0.2, 0.25) is 0 Å². The molecule has 1 aromatic carbocycles. The lowest BCUT2D eigenvalue weighted by molar-refractivity contribution is -0.134. The van der Waals surface area contributed by atoms with Gasteiger partial charge in [-0.05, 0) is 38.8 Å². The van der Waals surface area contributed by atoms with Gasteiger partial charge in [-0.2, -0.15) is 0 Å². The number of aromatic nitrogens is 2. The third-order valence-corrected chi connectivity index (χ3v) is 5.56.